The van der Waals surface area contributed by atoms with Crippen LogP contribution in [0.2, 0.25) is 0 Å². The van der Waals surface area contributed by atoms with Gasteiger partial charge in [0, 0.05) is 24.2 Å². The number of rotatable bonds is 7. The maximum absolute atomic E-state index is 13.7. The third-order valence-electron chi connectivity index (χ3n) is 14.4. The zero-order chi connectivity index (χ0) is 36.9. The number of esters is 1. The summed E-state index contributed by atoms with van der Waals surface area (Å²) >= 11 is 0. The number of aliphatic hydroxyl groups is 7. The van der Waals surface area contributed by atoms with Crippen molar-refractivity contribution in [2.75, 3.05) is 6.61 Å². The zero-order valence-electron chi connectivity index (χ0n) is 30.6. The number of allylic oxidation sites excluding steroid dienone is 1. The Balaban J connectivity index is 1.48. The minimum atomic E-state index is -1.90. The van der Waals surface area contributed by atoms with E-state index in [1.165, 1.54) is 26.0 Å². The predicted molar refractivity (Wildman–Crippen MR) is 180 cm³/mol. The summed E-state index contributed by atoms with van der Waals surface area (Å²) in [6.45, 7) is 16.0. The highest BCUT2D eigenvalue weighted by Gasteiger charge is 2.72. The Morgan fingerprint density at radius 1 is 0.980 bits per heavy atom. The van der Waals surface area contributed by atoms with E-state index in [0.717, 1.165) is 12.0 Å². The van der Waals surface area contributed by atoms with Crippen LogP contribution in [-0.2, 0) is 19.1 Å². The molecule has 278 valence electrons. The average molecular weight is 693 g/mol. The number of aliphatic hydroxyl groups excluding tert-OH is 6. The van der Waals surface area contributed by atoms with Crippen molar-refractivity contribution in [2.24, 2.45) is 45.3 Å². The van der Waals surface area contributed by atoms with Gasteiger partial charge in [-0.15, -0.1) is 0 Å². The Bertz CT molecular complexity index is 1370. The van der Waals surface area contributed by atoms with Crippen LogP contribution in [0.15, 0.2) is 23.8 Å². The van der Waals surface area contributed by atoms with Crippen molar-refractivity contribution in [3.05, 3.63) is 23.8 Å². The number of fused-ring (bicyclic) bond motifs is 5. The molecule has 7 N–H and O–H groups in total. The molecule has 5 aliphatic rings. The number of ketones is 1. The van der Waals surface area contributed by atoms with Gasteiger partial charge in [-0.25, -0.2) is 0 Å². The highest BCUT2D eigenvalue weighted by atomic mass is 16.6. The van der Waals surface area contributed by atoms with Crippen LogP contribution in [0.3, 0.4) is 0 Å². The van der Waals surface area contributed by atoms with Gasteiger partial charge < -0.3 is 45.2 Å². The maximum atomic E-state index is 13.7. The standard InChI is InChI=1S/C38H60O11/c1-19(40)49-33(2,3)13-12-26(42)38(9,47)31-23(41)17-37(8)25-11-10-21-22(35(25,6)14-15-36(31,37)7)16-20(32(46)34(21,4)5)30-29(45)28(44)27(43)24(18-39)48-30/h10,12-13,20,22-25,27-32,39,41,43-47H,11,14-18H2,1-9H3/b13-12+/t20-,22-,23-,24-,25-,27-,28+,29-,30+,31+,32+,35+,36-,37+,38+/m1/s1. The smallest absolute Gasteiger partial charge is 0.303 e. The second-order valence-corrected chi connectivity index (χ2v) is 18.0. The molecular formula is C38H60O11. The summed E-state index contributed by atoms with van der Waals surface area (Å²) < 4.78 is 11.3. The summed E-state index contributed by atoms with van der Waals surface area (Å²) in [6, 6.07) is 0. The molecule has 0 unspecified atom stereocenters. The van der Waals surface area contributed by atoms with E-state index >= 15 is 0 Å². The summed E-state index contributed by atoms with van der Waals surface area (Å²) in [5.74, 6) is -2.43. The lowest BCUT2D eigenvalue weighted by atomic mass is 9.38. The molecule has 0 spiro atoms. The lowest BCUT2D eigenvalue weighted by Crippen LogP contribution is -2.65. The van der Waals surface area contributed by atoms with Crippen LogP contribution < -0.4 is 0 Å². The van der Waals surface area contributed by atoms with Gasteiger partial charge >= 0.3 is 5.97 Å². The Hall–Kier alpha value is -1.70. The monoisotopic (exact) mass is 692 g/mol. The molecule has 5 rings (SSSR count). The minimum Gasteiger partial charge on any atom is -0.456 e. The lowest BCUT2D eigenvalue weighted by Gasteiger charge is -2.67. The molecule has 11 heteroatoms. The molecule has 49 heavy (non-hydrogen) atoms. The molecule has 3 saturated carbocycles. The number of hydrogen-bond donors (Lipinski definition) is 7. The Kier molecular flexibility index (Phi) is 9.80. The van der Waals surface area contributed by atoms with Crippen molar-refractivity contribution >= 4 is 11.8 Å². The average Bonchev–Trinajstić information content (AvgIpc) is 3.21. The van der Waals surface area contributed by atoms with Crippen molar-refractivity contribution in [3.8, 4) is 0 Å². The van der Waals surface area contributed by atoms with Gasteiger partial charge in [-0.2, -0.15) is 0 Å². The van der Waals surface area contributed by atoms with Crippen LogP contribution >= 0.6 is 0 Å². The third-order valence-corrected chi connectivity index (χ3v) is 14.4. The van der Waals surface area contributed by atoms with Gasteiger partial charge in [0.25, 0.3) is 0 Å². The molecule has 1 heterocycles. The molecule has 0 aromatic heterocycles. The lowest BCUT2D eigenvalue weighted by molar-refractivity contribution is -0.258. The highest BCUT2D eigenvalue weighted by molar-refractivity contribution is 5.97. The maximum Gasteiger partial charge on any atom is 0.303 e. The Morgan fingerprint density at radius 3 is 2.20 bits per heavy atom. The van der Waals surface area contributed by atoms with Crippen LogP contribution in [0, 0.1) is 45.3 Å². The van der Waals surface area contributed by atoms with Crippen LogP contribution in [0.1, 0.15) is 94.4 Å². The summed E-state index contributed by atoms with van der Waals surface area (Å²) in [7, 11) is 0. The Morgan fingerprint density at radius 2 is 1.61 bits per heavy atom. The summed E-state index contributed by atoms with van der Waals surface area (Å²) in [4.78, 5) is 25.2. The fourth-order valence-electron chi connectivity index (χ4n) is 11.7. The summed E-state index contributed by atoms with van der Waals surface area (Å²) in [5, 5.41) is 77.6. The van der Waals surface area contributed by atoms with E-state index in [0.29, 0.717) is 25.7 Å². The van der Waals surface area contributed by atoms with Crippen molar-refractivity contribution in [2.45, 2.75) is 148 Å². The van der Waals surface area contributed by atoms with Crippen LogP contribution in [0.25, 0.3) is 0 Å². The molecule has 1 saturated heterocycles. The number of ether oxygens (including phenoxy) is 2. The fourth-order valence-corrected chi connectivity index (χ4v) is 11.7. The van der Waals surface area contributed by atoms with Gasteiger partial charge in [-0.05, 0) is 93.1 Å². The molecule has 0 amide bonds. The highest BCUT2D eigenvalue weighted by Crippen LogP contribution is 2.75. The minimum absolute atomic E-state index is 0.0398. The van der Waals surface area contributed by atoms with Gasteiger partial charge in [-0.1, -0.05) is 46.3 Å². The number of carbonyl (C=O) groups excluding carboxylic acids is 2. The molecule has 1 aliphatic heterocycles. The third kappa shape index (κ3) is 5.79. The molecule has 0 bridgehead atoms. The zero-order valence-corrected chi connectivity index (χ0v) is 30.6. The molecule has 11 nitrogen and oxygen atoms in total. The van der Waals surface area contributed by atoms with E-state index in [1.54, 1.807) is 13.8 Å². The van der Waals surface area contributed by atoms with Gasteiger partial charge in [0.15, 0.2) is 5.78 Å². The topological polar surface area (TPSA) is 194 Å². The normalized spacial score (nSPS) is 47.8. The quantitative estimate of drug-likeness (QED) is 0.118. The van der Waals surface area contributed by atoms with Gasteiger partial charge in [-0.3, -0.25) is 9.59 Å². The van der Waals surface area contributed by atoms with Crippen LogP contribution in [0.5, 0.6) is 0 Å². The van der Waals surface area contributed by atoms with E-state index in [9.17, 15) is 45.3 Å². The van der Waals surface area contributed by atoms with E-state index in [2.05, 4.69) is 26.8 Å². The van der Waals surface area contributed by atoms with E-state index < -0.39 is 100 Å². The largest absolute Gasteiger partial charge is 0.456 e. The number of carbonyl (C=O) groups is 2. The molecule has 0 radical (unpaired) electrons. The van der Waals surface area contributed by atoms with Crippen molar-refractivity contribution in [1.29, 1.82) is 0 Å². The fraction of sp³-hybridized carbons (Fsp3) is 0.842. The molecule has 15 atom stereocenters. The van der Waals surface area contributed by atoms with Gasteiger partial charge in [0.2, 0.25) is 0 Å². The Labute approximate surface area is 290 Å². The van der Waals surface area contributed by atoms with Crippen molar-refractivity contribution < 1.29 is 54.8 Å². The van der Waals surface area contributed by atoms with E-state index in [1.807, 2.05) is 13.8 Å². The van der Waals surface area contributed by atoms with Gasteiger partial charge in [0.1, 0.15) is 35.6 Å². The molecule has 0 aromatic rings. The van der Waals surface area contributed by atoms with Crippen molar-refractivity contribution in [3.63, 3.8) is 0 Å². The number of hydrogen-bond acceptors (Lipinski definition) is 11. The van der Waals surface area contributed by atoms with Crippen molar-refractivity contribution in [1.82, 2.24) is 0 Å². The molecule has 0 aromatic carbocycles. The first-order chi connectivity index (χ1) is 22.4. The first-order valence-corrected chi connectivity index (χ1v) is 17.9. The molecule has 4 aliphatic carbocycles. The van der Waals surface area contributed by atoms with Gasteiger partial charge in [0.05, 0.1) is 24.9 Å². The SMILES string of the molecule is CC(=O)OC(C)(C)/C=C/C(=O)[C@](C)(O)[C@H]1[C@H](O)C[C@@]2(C)[C@@H]3CC=C4[C@@H](C[C@H]([C@@H]5O[C@H](CO)[C@@H](O)[C@H](O)[C@H]5O)[C@H](O)C4(C)C)[C@]3(C)CC[C@]12C. The van der Waals surface area contributed by atoms with Crippen LogP contribution in [0.4, 0.5) is 0 Å². The summed E-state index contributed by atoms with van der Waals surface area (Å²) in [5.41, 5.74) is -3.97. The van der Waals surface area contributed by atoms with E-state index in [4.69, 9.17) is 9.47 Å². The first-order valence-electron chi connectivity index (χ1n) is 17.9. The molecular weight excluding hydrogens is 632 g/mol. The second kappa shape index (κ2) is 12.5. The summed E-state index contributed by atoms with van der Waals surface area (Å²) in [6.07, 6.45) is -0.642. The first kappa shape index (κ1) is 38.5. The van der Waals surface area contributed by atoms with Crippen LogP contribution in [-0.4, -0.2) is 108 Å². The predicted octanol–water partition coefficient (Wildman–Crippen LogP) is 2.21. The van der Waals surface area contributed by atoms with E-state index in [-0.39, 0.29) is 17.3 Å². The second-order valence-electron chi connectivity index (χ2n) is 18.0. The molecule has 4 fully saturated rings.